The summed E-state index contributed by atoms with van der Waals surface area (Å²) in [6.07, 6.45) is 1.80. The van der Waals surface area contributed by atoms with Gasteiger partial charge in [0.15, 0.2) is 0 Å². The van der Waals surface area contributed by atoms with Gasteiger partial charge in [0.1, 0.15) is 5.82 Å². The molecule has 1 aliphatic carbocycles. The van der Waals surface area contributed by atoms with Crippen molar-refractivity contribution in [3.05, 3.63) is 84.2 Å². The maximum atomic E-state index is 13.0. The fraction of sp³-hybridized carbons (Fsp3) is 0.130. The first-order valence-electron chi connectivity index (χ1n) is 9.91. The SMILES string of the molecule is O=C(Nc1cccc(NC(=O)C2CC2)c1)c1ccc(NS(=O)(=O)c2ccc(F)cc2)cc1. The molecule has 0 saturated heterocycles. The van der Waals surface area contributed by atoms with E-state index in [0.717, 1.165) is 25.0 Å². The highest BCUT2D eigenvalue weighted by molar-refractivity contribution is 7.92. The third kappa shape index (κ3) is 5.30. The van der Waals surface area contributed by atoms with E-state index in [1.54, 1.807) is 24.3 Å². The minimum absolute atomic E-state index is 0.0212. The normalized spacial score (nSPS) is 13.3. The fourth-order valence-corrected chi connectivity index (χ4v) is 4.04. The lowest BCUT2D eigenvalue weighted by atomic mass is 10.2. The number of sulfonamides is 1. The molecule has 3 aromatic carbocycles. The van der Waals surface area contributed by atoms with Crippen molar-refractivity contribution in [2.75, 3.05) is 15.4 Å². The first-order valence-corrected chi connectivity index (χ1v) is 11.4. The zero-order chi connectivity index (χ0) is 22.7. The highest BCUT2D eigenvalue weighted by Crippen LogP contribution is 2.30. The number of hydrogen-bond acceptors (Lipinski definition) is 4. The van der Waals surface area contributed by atoms with Crippen LogP contribution < -0.4 is 15.4 Å². The van der Waals surface area contributed by atoms with Gasteiger partial charge in [-0.3, -0.25) is 14.3 Å². The number of nitrogens with one attached hydrogen (secondary N) is 3. The van der Waals surface area contributed by atoms with Crippen molar-refractivity contribution in [2.24, 2.45) is 5.92 Å². The Labute approximate surface area is 184 Å². The molecule has 7 nitrogen and oxygen atoms in total. The predicted molar refractivity (Wildman–Crippen MR) is 119 cm³/mol. The summed E-state index contributed by atoms with van der Waals surface area (Å²) in [5.41, 5.74) is 1.70. The van der Waals surface area contributed by atoms with Crippen molar-refractivity contribution < 1.29 is 22.4 Å². The van der Waals surface area contributed by atoms with Gasteiger partial charge in [0.2, 0.25) is 5.91 Å². The smallest absolute Gasteiger partial charge is 0.261 e. The van der Waals surface area contributed by atoms with Crippen molar-refractivity contribution in [1.82, 2.24) is 0 Å². The van der Waals surface area contributed by atoms with Crippen LogP contribution in [0.3, 0.4) is 0 Å². The van der Waals surface area contributed by atoms with E-state index in [1.807, 2.05) is 0 Å². The Morgan fingerprint density at radius 2 is 1.44 bits per heavy atom. The summed E-state index contributed by atoms with van der Waals surface area (Å²) in [4.78, 5) is 24.4. The molecule has 0 aliphatic heterocycles. The minimum atomic E-state index is -3.88. The number of carbonyl (C=O) groups is 2. The van der Waals surface area contributed by atoms with Gasteiger partial charge in [-0.25, -0.2) is 12.8 Å². The second kappa shape index (κ2) is 8.80. The Hall–Kier alpha value is -3.72. The zero-order valence-electron chi connectivity index (χ0n) is 16.8. The summed E-state index contributed by atoms with van der Waals surface area (Å²) < 4.78 is 40.2. The molecule has 0 heterocycles. The molecule has 0 unspecified atom stereocenters. The largest absolute Gasteiger partial charge is 0.326 e. The monoisotopic (exact) mass is 453 g/mol. The van der Waals surface area contributed by atoms with E-state index in [0.29, 0.717) is 16.9 Å². The molecular weight excluding hydrogens is 433 g/mol. The molecule has 4 rings (SSSR count). The Morgan fingerprint density at radius 3 is 2.06 bits per heavy atom. The van der Waals surface area contributed by atoms with E-state index in [2.05, 4.69) is 15.4 Å². The van der Waals surface area contributed by atoms with Crippen molar-refractivity contribution in [1.29, 1.82) is 0 Å². The van der Waals surface area contributed by atoms with Gasteiger partial charge >= 0.3 is 0 Å². The first kappa shape index (κ1) is 21.5. The molecule has 32 heavy (non-hydrogen) atoms. The van der Waals surface area contributed by atoms with Gasteiger partial charge in [-0.2, -0.15) is 0 Å². The summed E-state index contributed by atoms with van der Waals surface area (Å²) in [7, 11) is -3.88. The van der Waals surface area contributed by atoms with E-state index in [9.17, 15) is 22.4 Å². The molecular formula is C23H20FN3O4S. The highest BCUT2D eigenvalue weighted by atomic mass is 32.2. The van der Waals surface area contributed by atoms with Crippen molar-refractivity contribution >= 4 is 38.9 Å². The van der Waals surface area contributed by atoms with E-state index in [1.165, 1.54) is 36.4 Å². The standard InChI is InChI=1S/C23H20FN3O4S/c24-17-8-12-21(13-9-17)32(30,31)27-18-10-6-16(7-11-18)23(29)26-20-3-1-2-19(14-20)25-22(28)15-4-5-15/h1-3,6-15,27H,4-5H2,(H,25,28)(H,26,29). The maximum absolute atomic E-state index is 13.0. The van der Waals surface area contributed by atoms with Gasteiger partial charge in [0.05, 0.1) is 4.90 Å². The highest BCUT2D eigenvalue weighted by Gasteiger charge is 2.29. The lowest BCUT2D eigenvalue weighted by Gasteiger charge is -2.10. The Kier molecular flexibility index (Phi) is 5.91. The number of rotatable bonds is 7. The molecule has 2 amide bonds. The summed E-state index contributed by atoms with van der Waals surface area (Å²) in [5.74, 6) is -0.863. The van der Waals surface area contributed by atoms with Gasteiger partial charge in [-0.15, -0.1) is 0 Å². The fourth-order valence-electron chi connectivity index (χ4n) is 2.99. The van der Waals surface area contributed by atoms with Crippen LogP contribution in [0.25, 0.3) is 0 Å². The average molecular weight is 453 g/mol. The third-order valence-corrected chi connectivity index (χ3v) is 6.26. The molecule has 0 spiro atoms. The second-order valence-electron chi connectivity index (χ2n) is 7.44. The quantitative estimate of drug-likeness (QED) is 0.498. The predicted octanol–water partition coefficient (Wildman–Crippen LogP) is 4.23. The number of hydrogen-bond donors (Lipinski definition) is 3. The van der Waals surface area contributed by atoms with E-state index in [-0.39, 0.29) is 28.3 Å². The van der Waals surface area contributed by atoms with E-state index >= 15 is 0 Å². The first-order chi connectivity index (χ1) is 15.3. The second-order valence-corrected chi connectivity index (χ2v) is 9.12. The summed E-state index contributed by atoms with van der Waals surface area (Å²) >= 11 is 0. The van der Waals surface area contributed by atoms with Crippen LogP contribution in [0.2, 0.25) is 0 Å². The van der Waals surface area contributed by atoms with Crippen molar-refractivity contribution in [2.45, 2.75) is 17.7 Å². The molecule has 1 saturated carbocycles. The summed E-state index contributed by atoms with van der Waals surface area (Å²) in [6, 6.07) is 17.2. The topological polar surface area (TPSA) is 104 Å². The van der Waals surface area contributed by atoms with Gasteiger partial charge in [-0.1, -0.05) is 6.07 Å². The van der Waals surface area contributed by atoms with E-state index < -0.39 is 15.8 Å². The lowest BCUT2D eigenvalue weighted by Crippen LogP contribution is -2.15. The maximum Gasteiger partial charge on any atom is 0.261 e. The number of amides is 2. The molecule has 0 aromatic heterocycles. The molecule has 1 fully saturated rings. The van der Waals surface area contributed by atoms with Crippen LogP contribution in [0.1, 0.15) is 23.2 Å². The zero-order valence-corrected chi connectivity index (χ0v) is 17.7. The third-order valence-electron chi connectivity index (χ3n) is 4.86. The number of halogens is 1. The number of benzene rings is 3. The van der Waals surface area contributed by atoms with Crippen LogP contribution >= 0.6 is 0 Å². The Morgan fingerprint density at radius 1 is 0.812 bits per heavy atom. The summed E-state index contributed by atoms with van der Waals surface area (Å²) in [5, 5.41) is 5.58. The van der Waals surface area contributed by atoms with Crippen LogP contribution in [-0.4, -0.2) is 20.2 Å². The lowest BCUT2D eigenvalue weighted by molar-refractivity contribution is -0.117. The van der Waals surface area contributed by atoms with Gasteiger partial charge in [0.25, 0.3) is 15.9 Å². The van der Waals surface area contributed by atoms with Crippen LogP contribution in [0.4, 0.5) is 21.5 Å². The summed E-state index contributed by atoms with van der Waals surface area (Å²) in [6.45, 7) is 0. The average Bonchev–Trinajstić information content (AvgIpc) is 3.60. The molecule has 0 bridgehead atoms. The van der Waals surface area contributed by atoms with Crippen LogP contribution in [0.5, 0.6) is 0 Å². The molecule has 3 N–H and O–H groups in total. The number of anilines is 3. The van der Waals surface area contributed by atoms with Crippen LogP contribution in [0, 0.1) is 11.7 Å². The minimum Gasteiger partial charge on any atom is -0.326 e. The Balaban J connectivity index is 1.40. The van der Waals surface area contributed by atoms with Crippen LogP contribution in [-0.2, 0) is 14.8 Å². The number of carbonyl (C=O) groups excluding carboxylic acids is 2. The van der Waals surface area contributed by atoms with Crippen molar-refractivity contribution in [3.8, 4) is 0 Å². The van der Waals surface area contributed by atoms with Gasteiger partial charge in [0, 0.05) is 28.5 Å². The van der Waals surface area contributed by atoms with Gasteiger partial charge in [-0.05, 0) is 79.6 Å². The molecule has 9 heteroatoms. The molecule has 0 radical (unpaired) electrons. The van der Waals surface area contributed by atoms with E-state index in [4.69, 9.17) is 0 Å². The molecule has 1 aliphatic rings. The molecule has 164 valence electrons. The molecule has 3 aromatic rings. The van der Waals surface area contributed by atoms with Gasteiger partial charge < -0.3 is 10.6 Å². The van der Waals surface area contributed by atoms with Crippen LogP contribution in [0.15, 0.2) is 77.7 Å². The Bertz CT molecular complexity index is 1260. The molecule has 0 atom stereocenters. The van der Waals surface area contributed by atoms with Crippen molar-refractivity contribution in [3.63, 3.8) is 0 Å².